The molecule has 0 aliphatic rings. The van der Waals surface area contributed by atoms with Crippen molar-refractivity contribution in [1.29, 1.82) is 0 Å². The molecule has 0 aliphatic carbocycles. The van der Waals surface area contributed by atoms with Gasteiger partial charge in [0.2, 0.25) is 5.91 Å². The van der Waals surface area contributed by atoms with Crippen molar-refractivity contribution in [3.05, 3.63) is 59.2 Å². The number of alkyl halides is 3. The van der Waals surface area contributed by atoms with E-state index < -0.39 is 29.7 Å². The summed E-state index contributed by atoms with van der Waals surface area (Å²) in [5, 5.41) is 4.97. The number of aryl methyl sites for hydroxylation is 1. The molecule has 0 spiro atoms. The van der Waals surface area contributed by atoms with Crippen molar-refractivity contribution in [2.45, 2.75) is 38.9 Å². The number of hydrogen-bond acceptors (Lipinski definition) is 3. The Kier molecular flexibility index (Phi) is 7.68. The molecule has 0 radical (unpaired) electrons. The van der Waals surface area contributed by atoms with Gasteiger partial charge in [-0.2, -0.15) is 13.2 Å². The van der Waals surface area contributed by atoms with Gasteiger partial charge in [-0.25, -0.2) is 4.79 Å². The Labute approximate surface area is 172 Å². The number of nitrogens with two attached hydrogens (primary N) is 1. The van der Waals surface area contributed by atoms with Gasteiger partial charge in [0.25, 0.3) is 0 Å². The van der Waals surface area contributed by atoms with E-state index in [0.29, 0.717) is 12.0 Å². The fraction of sp³-hybridized carbons (Fsp3) is 0.333. The maximum Gasteiger partial charge on any atom is 0.416 e. The molecule has 0 bridgehead atoms. The normalized spacial score (nSPS) is 12.2. The lowest BCUT2D eigenvalue weighted by molar-refractivity contribution is -0.137. The number of primary amides is 1. The fourth-order valence-corrected chi connectivity index (χ4v) is 2.92. The third kappa shape index (κ3) is 6.40. The molecule has 162 valence electrons. The van der Waals surface area contributed by atoms with Crippen molar-refractivity contribution >= 4 is 17.6 Å². The zero-order valence-electron chi connectivity index (χ0n) is 16.7. The number of carbonyl (C=O) groups is 2. The highest BCUT2D eigenvalue weighted by atomic mass is 19.4. The van der Waals surface area contributed by atoms with Gasteiger partial charge >= 0.3 is 12.2 Å². The van der Waals surface area contributed by atoms with Crippen LogP contribution in [-0.2, 0) is 11.0 Å². The summed E-state index contributed by atoms with van der Waals surface area (Å²) in [6, 6.07) is 8.44. The molecule has 0 aromatic heterocycles. The molecule has 0 saturated heterocycles. The van der Waals surface area contributed by atoms with Gasteiger partial charge in [-0.15, -0.1) is 0 Å². The molecule has 2 aromatic carbocycles. The highest BCUT2D eigenvalue weighted by molar-refractivity contribution is 5.93. The minimum Gasteiger partial charge on any atom is -0.491 e. The number of amides is 3. The van der Waals surface area contributed by atoms with E-state index in [4.69, 9.17) is 10.5 Å². The Balaban J connectivity index is 2.27. The van der Waals surface area contributed by atoms with Crippen LogP contribution in [0.4, 0.5) is 23.7 Å². The predicted molar refractivity (Wildman–Crippen MR) is 107 cm³/mol. The highest BCUT2D eigenvalue weighted by Crippen LogP contribution is 2.35. The van der Waals surface area contributed by atoms with Gasteiger partial charge < -0.3 is 21.1 Å². The second-order valence-corrected chi connectivity index (χ2v) is 6.73. The van der Waals surface area contributed by atoms with Crippen LogP contribution in [0.5, 0.6) is 5.75 Å². The second kappa shape index (κ2) is 10.00. The average Bonchev–Trinajstić information content (AvgIpc) is 2.65. The van der Waals surface area contributed by atoms with Gasteiger partial charge in [-0.3, -0.25) is 4.79 Å². The van der Waals surface area contributed by atoms with Crippen LogP contribution in [0.2, 0.25) is 0 Å². The molecule has 1 atom stereocenters. The van der Waals surface area contributed by atoms with E-state index in [1.165, 1.54) is 6.07 Å². The summed E-state index contributed by atoms with van der Waals surface area (Å²) < 4.78 is 44.7. The number of halogens is 3. The quantitative estimate of drug-likeness (QED) is 0.582. The van der Waals surface area contributed by atoms with Crippen molar-refractivity contribution in [1.82, 2.24) is 5.32 Å². The summed E-state index contributed by atoms with van der Waals surface area (Å²) >= 11 is 0. The minimum atomic E-state index is -4.57. The monoisotopic (exact) mass is 423 g/mol. The molecule has 0 saturated carbocycles. The van der Waals surface area contributed by atoms with Crippen LogP contribution in [0.25, 0.3) is 0 Å². The Hall–Kier alpha value is -3.23. The number of urea groups is 1. The number of hydrogen-bond donors (Lipinski definition) is 3. The van der Waals surface area contributed by atoms with Gasteiger partial charge in [0, 0.05) is 0 Å². The number of rotatable bonds is 8. The summed E-state index contributed by atoms with van der Waals surface area (Å²) in [7, 11) is 0. The molecule has 4 N–H and O–H groups in total. The van der Waals surface area contributed by atoms with E-state index in [1.54, 1.807) is 18.2 Å². The van der Waals surface area contributed by atoms with Crippen LogP contribution >= 0.6 is 0 Å². The molecule has 0 aliphatic heterocycles. The number of anilines is 1. The fourth-order valence-electron chi connectivity index (χ4n) is 2.92. The first-order valence-electron chi connectivity index (χ1n) is 9.37. The third-order valence-corrected chi connectivity index (χ3v) is 4.31. The maximum atomic E-state index is 13.1. The largest absolute Gasteiger partial charge is 0.491 e. The Morgan fingerprint density at radius 3 is 2.47 bits per heavy atom. The third-order valence-electron chi connectivity index (χ3n) is 4.31. The molecule has 0 heterocycles. The molecule has 2 aromatic rings. The first-order valence-corrected chi connectivity index (χ1v) is 9.37. The van der Waals surface area contributed by atoms with Crippen LogP contribution in [0.15, 0.2) is 42.5 Å². The number of ether oxygens (including phenoxy) is 1. The number of benzene rings is 2. The molecule has 3 amide bonds. The topological polar surface area (TPSA) is 93.4 Å². The van der Waals surface area contributed by atoms with E-state index in [-0.39, 0.29) is 24.5 Å². The van der Waals surface area contributed by atoms with Crippen LogP contribution in [0.3, 0.4) is 0 Å². The van der Waals surface area contributed by atoms with E-state index in [0.717, 1.165) is 17.7 Å². The molecule has 30 heavy (non-hydrogen) atoms. The molecule has 1 unspecified atom stereocenters. The van der Waals surface area contributed by atoms with E-state index in [1.807, 2.05) is 19.9 Å². The first kappa shape index (κ1) is 23.1. The van der Waals surface area contributed by atoms with E-state index in [9.17, 15) is 22.8 Å². The zero-order chi connectivity index (χ0) is 22.3. The SMILES string of the molecule is CCCOc1ccc(C(F)(F)F)cc1NC(=O)CC(NC(N)=O)c1ccccc1C. The summed E-state index contributed by atoms with van der Waals surface area (Å²) in [5.41, 5.74) is 5.73. The van der Waals surface area contributed by atoms with Crippen LogP contribution in [-0.4, -0.2) is 18.5 Å². The van der Waals surface area contributed by atoms with Gasteiger partial charge in [0.15, 0.2) is 0 Å². The van der Waals surface area contributed by atoms with Gasteiger partial charge in [-0.1, -0.05) is 31.2 Å². The second-order valence-electron chi connectivity index (χ2n) is 6.73. The van der Waals surface area contributed by atoms with Crippen molar-refractivity contribution in [2.24, 2.45) is 5.73 Å². The number of nitrogens with one attached hydrogen (secondary N) is 2. The molecular weight excluding hydrogens is 399 g/mol. The van der Waals surface area contributed by atoms with Gasteiger partial charge in [-0.05, 0) is 42.7 Å². The first-order chi connectivity index (χ1) is 14.1. The Bertz CT molecular complexity index is 901. The molecule has 6 nitrogen and oxygen atoms in total. The smallest absolute Gasteiger partial charge is 0.416 e. The van der Waals surface area contributed by atoms with Crippen molar-refractivity contribution < 1.29 is 27.5 Å². The highest BCUT2D eigenvalue weighted by Gasteiger charge is 2.31. The molecular formula is C21H24F3N3O3. The summed E-state index contributed by atoms with van der Waals surface area (Å²) in [6.07, 6.45) is -4.15. The number of carbonyl (C=O) groups excluding carboxylic acids is 2. The van der Waals surface area contributed by atoms with Gasteiger partial charge in [0.05, 0.1) is 30.3 Å². The van der Waals surface area contributed by atoms with Crippen molar-refractivity contribution in [2.75, 3.05) is 11.9 Å². The van der Waals surface area contributed by atoms with Crippen molar-refractivity contribution in [3.63, 3.8) is 0 Å². The molecule has 0 fully saturated rings. The van der Waals surface area contributed by atoms with Crippen LogP contribution < -0.4 is 21.1 Å². The average molecular weight is 423 g/mol. The van der Waals surface area contributed by atoms with E-state index >= 15 is 0 Å². The predicted octanol–water partition coefficient (Wildman–Crippen LogP) is 4.54. The minimum absolute atomic E-state index is 0.0918. The van der Waals surface area contributed by atoms with Crippen LogP contribution in [0, 0.1) is 6.92 Å². The summed E-state index contributed by atoms with van der Waals surface area (Å²) in [6.45, 7) is 3.94. The van der Waals surface area contributed by atoms with Gasteiger partial charge in [0.1, 0.15) is 5.75 Å². The van der Waals surface area contributed by atoms with E-state index in [2.05, 4.69) is 10.6 Å². The maximum absolute atomic E-state index is 13.1. The lowest BCUT2D eigenvalue weighted by Gasteiger charge is -2.20. The standard InChI is InChI=1S/C21H24F3N3O3/c1-3-10-30-18-9-8-14(21(22,23)24)11-17(18)26-19(28)12-16(27-20(25)29)15-7-5-4-6-13(15)2/h4-9,11,16H,3,10,12H2,1-2H3,(H,26,28)(H3,25,27,29). The lowest BCUT2D eigenvalue weighted by Crippen LogP contribution is -2.35. The molecule has 2 rings (SSSR count). The lowest BCUT2D eigenvalue weighted by atomic mass is 9.98. The van der Waals surface area contributed by atoms with Crippen LogP contribution in [0.1, 0.15) is 42.5 Å². The van der Waals surface area contributed by atoms with Crippen molar-refractivity contribution in [3.8, 4) is 5.75 Å². The molecule has 9 heteroatoms. The zero-order valence-corrected chi connectivity index (χ0v) is 16.7. The Morgan fingerprint density at radius 2 is 1.87 bits per heavy atom. The summed E-state index contributed by atoms with van der Waals surface area (Å²) in [4.78, 5) is 24.0. The Morgan fingerprint density at radius 1 is 1.17 bits per heavy atom. The summed E-state index contributed by atoms with van der Waals surface area (Å²) in [5.74, 6) is -0.467.